The minimum atomic E-state index is -0.617. The highest BCUT2D eigenvalue weighted by Gasteiger charge is 2.37. The number of carbonyl (C=O) groups excluding carboxylic acids is 4. The first-order chi connectivity index (χ1) is 12.3. The zero-order valence-electron chi connectivity index (χ0n) is 15.1. The summed E-state index contributed by atoms with van der Waals surface area (Å²) in [5, 5.41) is 4.69. The molecule has 0 spiro atoms. The van der Waals surface area contributed by atoms with Crippen molar-refractivity contribution in [3.05, 3.63) is 29.3 Å². The number of carbonyl (C=O) groups is 4. The van der Waals surface area contributed by atoms with Gasteiger partial charge in [-0.05, 0) is 31.0 Å². The van der Waals surface area contributed by atoms with E-state index in [4.69, 9.17) is 4.74 Å². The molecule has 1 aromatic carbocycles. The summed E-state index contributed by atoms with van der Waals surface area (Å²) < 4.78 is 4.98. The Balaban J connectivity index is 1.89. The van der Waals surface area contributed by atoms with Crippen LogP contribution in [0, 0.1) is 19.8 Å². The normalized spacial score (nSPS) is 16.3. The lowest BCUT2D eigenvalue weighted by molar-refractivity contribution is -0.152. The fourth-order valence-corrected chi connectivity index (χ4v) is 2.70. The van der Waals surface area contributed by atoms with Crippen molar-refractivity contribution in [2.45, 2.75) is 20.3 Å². The standard InChI is InChI=1S/C18H23N3O5/c1-11-5-4-6-14(12(11)2)21-9-13(7-17(21)24)18(25)26-10-16(23)20-8-15(22)19-3/h4-6,13H,7-10H2,1-3H3,(H,19,22)(H,20,23)/t13-/m1/s1. The second-order valence-corrected chi connectivity index (χ2v) is 6.18. The van der Waals surface area contributed by atoms with Crippen LogP contribution in [0.3, 0.4) is 0 Å². The highest BCUT2D eigenvalue weighted by atomic mass is 16.5. The third-order valence-corrected chi connectivity index (χ3v) is 4.40. The summed E-state index contributed by atoms with van der Waals surface area (Å²) in [4.78, 5) is 48.7. The van der Waals surface area contributed by atoms with E-state index in [0.717, 1.165) is 16.8 Å². The van der Waals surface area contributed by atoms with Crippen LogP contribution in [0.4, 0.5) is 5.69 Å². The lowest BCUT2D eigenvalue weighted by Crippen LogP contribution is -2.37. The third-order valence-electron chi connectivity index (χ3n) is 4.40. The fraction of sp³-hybridized carbons (Fsp3) is 0.444. The number of hydrogen-bond acceptors (Lipinski definition) is 5. The van der Waals surface area contributed by atoms with Gasteiger partial charge in [-0.2, -0.15) is 0 Å². The summed E-state index contributed by atoms with van der Waals surface area (Å²) in [6, 6.07) is 5.68. The topological polar surface area (TPSA) is 105 Å². The molecule has 140 valence electrons. The number of amides is 3. The number of ether oxygens (including phenoxy) is 1. The van der Waals surface area contributed by atoms with E-state index in [0.29, 0.717) is 0 Å². The van der Waals surface area contributed by atoms with E-state index in [-0.39, 0.29) is 31.3 Å². The Kier molecular flexibility index (Phi) is 6.32. The van der Waals surface area contributed by atoms with Crippen LogP contribution in [-0.4, -0.2) is 50.4 Å². The van der Waals surface area contributed by atoms with E-state index < -0.39 is 24.4 Å². The number of aryl methyl sites for hydroxylation is 1. The monoisotopic (exact) mass is 361 g/mol. The quantitative estimate of drug-likeness (QED) is 0.697. The number of esters is 1. The Morgan fingerprint density at radius 2 is 1.96 bits per heavy atom. The highest BCUT2D eigenvalue weighted by Crippen LogP contribution is 2.29. The molecular formula is C18H23N3O5. The molecule has 1 saturated heterocycles. The predicted molar refractivity (Wildman–Crippen MR) is 94.4 cm³/mol. The molecule has 0 aliphatic carbocycles. The highest BCUT2D eigenvalue weighted by molar-refractivity contribution is 6.00. The van der Waals surface area contributed by atoms with Crippen molar-refractivity contribution >= 4 is 29.4 Å². The van der Waals surface area contributed by atoms with Crippen LogP contribution in [0.25, 0.3) is 0 Å². The van der Waals surface area contributed by atoms with Crippen LogP contribution in [-0.2, 0) is 23.9 Å². The zero-order chi connectivity index (χ0) is 19.3. The van der Waals surface area contributed by atoms with Crippen LogP contribution in [0.2, 0.25) is 0 Å². The van der Waals surface area contributed by atoms with Crippen molar-refractivity contribution in [2.75, 3.05) is 31.6 Å². The Labute approximate surface area is 151 Å². The van der Waals surface area contributed by atoms with E-state index in [1.807, 2.05) is 32.0 Å². The van der Waals surface area contributed by atoms with Gasteiger partial charge in [0, 0.05) is 25.7 Å². The minimum absolute atomic E-state index is 0.0477. The number of hydrogen-bond donors (Lipinski definition) is 2. The minimum Gasteiger partial charge on any atom is -0.455 e. The van der Waals surface area contributed by atoms with E-state index >= 15 is 0 Å². The smallest absolute Gasteiger partial charge is 0.311 e. The molecule has 0 saturated carbocycles. The predicted octanol–water partition coefficient (Wildman–Crippen LogP) is 0.0617. The summed E-state index contributed by atoms with van der Waals surface area (Å²) in [6.45, 7) is 3.45. The zero-order valence-corrected chi connectivity index (χ0v) is 15.1. The van der Waals surface area contributed by atoms with Gasteiger partial charge in [0.1, 0.15) is 0 Å². The van der Waals surface area contributed by atoms with E-state index in [9.17, 15) is 19.2 Å². The molecule has 1 aromatic rings. The second-order valence-electron chi connectivity index (χ2n) is 6.18. The average molecular weight is 361 g/mol. The lowest BCUT2D eigenvalue weighted by Gasteiger charge is -2.20. The first kappa shape index (κ1) is 19.4. The van der Waals surface area contributed by atoms with Crippen LogP contribution >= 0.6 is 0 Å². The summed E-state index contributed by atoms with van der Waals surface area (Å²) in [5.74, 6) is -2.28. The van der Waals surface area contributed by atoms with E-state index in [1.54, 1.807) is 4.90 Å². The van der Waals surface area contributed by atoms with Crippen LogP contribution in [0.1, 0.15) is 17.5 Å². The molecule has 1 aliphatic rings. The maximum atomic E-state index is 12.3. The van der Waals surface area contributed by atoms with Crippen molar-refractivity contribution in [1.82, 2.24) is 10.6 Å². The maximum absolute atomic E-state index is 12.3. The average Bonchev–Trinajstić information content (AvgIpc) is 3.01. The molecule has 0 aromatic heterocycles. The van der Waals surface area contributed by atoms with Crippen molar-refractivity contribution in [2.24, 2.45) is 5.92 Å². The van der Waals surface area contributed by atoms with Crippen molar-refractivity contribution in [3.63, 3.8) is 0 Å². The Hall–Kier alpha value is -2.90. The van der Waals surface area contributed by atoms with Crippen molar-refractivity contribution in [3.8, 4) is 0 Å². The van der Waals surface area contributed by atoms with Crippen LogP contribution in [0.15, 0.2) is 18.2 Å². The molecule has 3 amide bonds. The van der Waals surface area contributed by atoms with Crippen LogP contribution in [0.5, 0.6) is 0 Å². The van der Waals surface area contributed by atoms with Gasteiger partial charge >= 0.3 is 5.97 Å². The van der Waals surface area contributed by atoms with Gasteiger partial charge < -0.3 is 20.3 Å². The number of rotatable bonds is 6. The van der Waals surface area contributed by atoms with Gasteiger partial charge in [-0.15, -0.1) is 0 Å². The molecule has 1 heterocycles. The Bertz CT molecular complexity index is 732. The third kappa shape index (κ3) is 4.59. The van der Waals surface area contributed by atoms with Gasteiger partial charge in [-0.1, -0.05) is 12.1 Å². The van der Waals surface area contributed by atoms with Gasteiger partial charge in [0.2, 0.25) is 11.8 Å². The number of anilines is 1. The first-order valence-corrected chi connectivity index (χ1v) is 8.34. The summed E-state index contributed by atoms with van der Waals surface area (Å²) in [6.07, 6.45) is 0.0477. The molecule has 0 radical (unpaired) electrons. The molecule has 8 heteroatoms. The summed E-state index contributed by atoms with van der Waals surface area (Å²) >= 11 is 0. The molecule has 1 aliphatic heterocycles. The van der Waals surface area contributed by atoms with Crippen molar-refractivity contribution < 1.29 is 23.9 Å². The number of nitrogens with zero attached hydrogens (tertiary/aromatic N) is 1. The van der Waals surface area contributed by atoms with Gasteiger partial charge in [0.15, 0.2) is 6.61 Å². The van der Waals surface area contributed by atoms with Gasteiger partial charge in [-0.3, -0.25) is 19.2 Å². The molecule has 0 unspecified atom stereocenters. The van der Waals surface area contributed by atoms with Gasteiger partial charge in [-0.25, -0.2) is 0 Å². The molecular weight excluding hydrogens is 338 g/mol. The molecule has 2 N–H and O–H groups in total. The summed E-state index contributed by atoms with van der Waals surface area (Å²) in [5.41, 5.74) is 2.84. The number of nitrogens with one attached hydrogen (secondary N) is 2. The molecule has 8 nitrogen and oxygen atoms in total. The molecule has 0 bridgehead atoms. The van der Waals surface area contributed by atoms with Gasteiger partial charge in [0.25, 0.3) is 5.91 Å². The molecule has 26 heavy (non-hydrogen) atoms. The second kappa shape index (κ2) is 8.46. The Morgan fingerprint density at radius 1 is 1.23 bits per heavy atom. The Morgan fingerprint density at radius 3 is 2.65 bits per heavy atom. The van der Waals surface area contributed by atoms with Gasteiger partial charge in [0.05, 0.1) is 12.5 Å². The number of likely N-dealkylation sites (N-methyl/N-ethyl adjacent to an activating group) is 1. The number of benzene rings is 1. The molecule has 2 rings (SSSR count). The SMILES string of the molecule is CNC(=O)CNC(=O)COC(=O)[C@@H]1CC(=O)N(c2cccc(C)c2C)C1. The lowest BCUT2D eigenvalue weighted by atomic mass is 10.1. The fourth-order valence-electron chi connectivity index (χ4n) is 2.70. The molecule has 1 fully saturated rings. The van der Waals surface area contributed by atoms with Crippen molar-refractivity contribution in [1.29, 1.82) is 0 Å². The summed E-state index contributed by atoms with van der Waals surface area (Å²) in [7, 11) is 1.45. The largest absolute Gasteiger partial charge is 0.455 e. The van der Waals surface area contributed by atoms with Crippen LogP contribution < -0.4 is 15.5 Å². The van der Waals surface area contributed by atoms with E-state index in [2.05, 4.69) is 10.6 Å². The molecule has 1 atom stereocenters. The first-order valence-electron chi connectivity index (χ1n) is 8.34. The van der Waals surface area contributed by atoms with E-state index in [1.165, 1.54) is 7.05 Å². The maximum Gasteiger partial charge on any atom is 0.311 e.